The van der Waals surface area contributed by atoms with Gasteiger partial charge in [-0.15, -0.1) is 0 Å². The van der Waals surface area contributed by atoms with Crippen LogP contribution in [0.4, 0.5) is 8.78 Å². The van der Waals surface area contributed by atoms with Gasteiger partial charge in [0, 0.05) is 35.8 Å². The number of nitrogens with one attached hydrogen (secondary N) is 2. The number of halogens is 2. The summed E-state index contributed by atoms with van der Waals surface area (Å²) >= 11 is 0. The Labute approximate surface area is 186 Å². The topological polar surface area (TPSA) is 100 Å². The third kappa shape index (κ3) is 3.93. The number of likely N-dealkylation sites (tertiary alicyclic amines) is 1. The highest BCUT2D eigenvalue weighted by Crippen LogP contribution is 2.29. The van der Waals surface area contributed by atoms with Gasteiger partial charge in [-0.2, -0.15) is 4.39 Å². The quantitative estimate of drug-likeness (QED) is 0.563. The lowest BCUT2D eigenvalue weighted by molar-refractivity contribution is -0.0423. The van der Waals surface area contributed by atoms with Crippen molar-refractivity contribution in [1.29, 1.82) is 0 Å². The van der Waals surface area contributed by atoms with Gasteiger partial charge in [0.15, 0.2) is 17.3 Å². The van der Waals surface area contributed by atoms with Gasteiger partial charge in [-0.25, -0.2) is 14.4 Å². The fourth-order valence-corrected chi connectivity index (χ4v) is 3.68. The van der Waals surface area contributed by atoms with Crippen LogP contribution in [0, 0.1) is 11.8 Å². The number of rotatable bonds is 6. The van der Waals surface area contributed by atoms with Crippen molar-refractivity contribution in [3.8, 4) is 5.75 Å². The molecule has 2 atom stereocenters. The van der Waals surface area contributed by atoms with Crippen molar-refractivity contribution in [3.05, 3.63) is 63.3 Å². The molecule has 4 rings (SSSR count). The van der Waals surface area contributed by atoms with Crippen LogP contribution < -0.4 is 15.6 Å². The van der Waals surface area contributed by atoms with Gasteiger partial charge in [0.05, 0.1) is 5.52 Å². The molecular weight excluding hydrogens is 420 g/mol. The lowest BCUT2D eigenvalue weighted by atomic mass is 9.99. The first-order valence-corrected chi connectivity index (χ1v) is 10.1. The average Bonchev–Trinajstić information content (AvgIpc) is 2.79. The second kappa shape index (κ2) is 8.62. The van der Waals surface area contributed by atoms with Crippen LogP contribution in [0.2, 0.25) is 0 Å². The molecule has 1 aliphatic rings. The van der Waals surface area contributed by atoms with E-state index >= 15 is 4.39 Å². The summed E-state index contributed by atoms with van der Waals surface area (Å²) in [5.41, 5.74) is 0.220. The minimum Gasteiger partial charge on any atom is -0.485 e. The maximum Gasteiger partial charge on any atom is 0.273 e. The standard InChI is InChI=1S/C22H23F2N5O3/c1-4-13-21(30)28-19-14(26-13)6-5-12(18(19)24)9-29-10-16(11(29)2)32-15-7-8-17(23)27-20(15)22(31)25-3/h5-8,11,16H,4,9-10H2,1-3H3,(H,25,31)(H,28,30)/t11-,16+/m1/s1/i3D3. The molecule has 3 aromatic rings. The van der Waals surface area contributed by atoms with Crippen molar-refractivity contribution < 1.29 is 22.4 Å². The van der Waals surface area contributed by atoms with Crippen LogP contribution in [0.25, 0.3) is 11.0 Å². The Bertz CT molecular complexity index is 1350. The van der Waals surface area contributed by atoms with Crippen LogP contribution in [0.1, 0.15) is 39.7 Å². The Hall–Kier alpha value is -3.40. The van der Waals surface area contributed by atoms with Crippen LogP contribution >= 0.6 is 0 Å². The summed E-state index contributed by atoms with van der Waals surface area (Å²) in [7, 11) is 0. The monoisotopic (exact) mass is 446 g/mol. The van der Waals surface area contributed by atoms with Gasteiger partial charge in [-0.3, -0.25) is 14.5 Å². The number of carbonyl (C=O) groups excluding carboxylic acids is 1. The summed E-state index contributed by atoms with van der Waals surface area (Å²) in [6.07, 6.45) is 0.00322. The molecular formula is C22H23F2N5O3. The molecule has 168 valence electrons. The number of pyridine rings is 1. The largest absolute Gasteiger partial charge is 0.485 e. The van der Waals surface area contributed by atoms with Crippen molar-refractivity contribution in [2.45, 2.75) is 39.0 Å². The smallest absolute Gasteiger partial charge is 0.273 e. The van der Waals surface area contributed by atoms with Gasteiger partial charge in [0.2, 0.25) is 5.95 Å². The first kappa shape index (κ1) is 18.2. The van der Waals surface area contributed by atoms with Crippen LogP contribution in [0.15, 0.2) is 29.1 Å². The average molecular weight is 446 g/mol. The number of fused-ring (bicyclic) bond motifs is 1. The van der Waals surface area contributed by atoms with Crippen molar-refractivity contribution in [1.82, 2.24) is 25.2 Å². The number of aryl methyl sites for hydroxylation is 1. The Morgan fingerprint density at radius 2 is 2.16 bits per heavy atom. The second-order valence-corrected chi connectivity index (χ2v) is 7.56. The van der Waals surface area contributed by atoms with E-state index in [1.165, 1.54) is 6.07 Å². The van der Waals surface area contributed by atoms with Gasteiger partial charge in [-0.05, 0) is 31.5 Å². The zero-order chi connectivity index (χ0) is 25.5. The van der Waals surface area contributed by atoms with E-state index in [-0.39, 0.29) is 23.9 Å². The van der Waals surface area contributed by atoms with Crippen molar-refractivity contribution in [2.24, 2.45) is 0 Å². The summed E-state index contributed by atoms with van der Waals surface area (Å²) < 4.78 is 56.0. The van der Waals surface area contributed by atoms with E-state index in [1.807, 2.05) is 11.8 Å². The molecule has 2 N–H and O–H groups in total. The first-order valence-electron chi connectivity index (χ1n) is 11.6. The Morgan fingerprint density at radius 3 is 2.88 bits per heavy atom. The lowest BCUT2D eigenvalue weighted by Gasteiger charge is -2.46. The van der Waals surface area contributed by atoms with Crippen LogP contribution in [0.3, 0.4) is 0 Å². The van der Waals surface area contributed by atoms with E-state index in [2.05, 4.69) is 15.0 Å². The minimum absolute atomic E-state index is 0.0490. The van der Waals surface area contributed by atoms with Crippen LogP contribution in [0.5, 0.6) is 5.75 Å². The Kier molecular flexibility index (Phi) is 4.90. The van der Waals surface area contributed by atoms with Crippen LogP contribution in [-0.4, -0.2) is 51.4 Å². The summed E-state index contributed by atoms with van der Waals surface area (Å²) in [4.78, 5) is 36.5. The highest BCUT2D eigenvalue weighted by molar-refractivity contribution is 5.94. The maximum atomic E-state index is 15.1. The highest BCUT2D eigenvalue weighted by Gasteiger charge is 2.38. The number of ether oxygens (including phenoxy) is 1. The lowest BCUT2D eigenvalue weighted by Crippen LogP contribution is -2.60. The van der Waals surface area contributed by atoms with E-state index in [0.717, 1.165) is 6.07 Å². The molecule has 1 amide bonds. The van der Waals surface area contributed by atoms with Gasteiger partial charge < -0.3 is 15.0 Å². The van der Waals surface area contributed by atoms with E-state index in [4.69, 9.17) is 8.85 Å². The van der Waals surface area contributed by atoms with Crippen molar-refractivity contribution in [3.63, 3.8) is 0 Å². The second-order valence-electron chi connectivity index (χ2n) is 7.56. The molecule has 0 spiro atoms. The van der Waals surface area contributed by atoms with Crippen molar-refractivity contribution >= 4 is 16.9 Å². The number of nitrogens with zero attached hydrogens (tertiary/aromatic N) is 3. The predicted molar refractivity (Wildman–Crippen MR) is 114 cm³/mol. The minimum atomic E-state index is -2.77. The highest BCUT2D eigenvalue weighted by atomic mass is 19.1. The maximum absolute atomic E-state index is 15.1. The molecule has 1 aliphatic heterocycles. The fourth-order valence-electron chi connectivity index (χ4n) is 3.68. The number of benzene rings is 1. The molecule has 32 heavy (non-hydrogen) atoms. The predicted octanol–water partition coefficient (Wildman–Crippen LogP) is 2.17. The number of amides is 1. The zero-order valence-corrected chi connectivity index (χ0v) is 17.4. The third-order valence-corrected chi connectivity index (χ3v) is 5.62. The molecule has 0 unspecified atom stereocenters. The molecule has 8 nitrogen and oxygen atoms in total. The van der Waals surface area contributed by atoms with Gasteiger partial charge in [-0.1, -0.05) is 13.0 Å². The molecule has 0 saturated carbocycles. The molecule has 0 radical (unpaired) electrons. The molecule has 1 aromatic carbocycles. The summed E-state index contributed by atoms with van der Waals surface area (Å²) in [6, 6.07) is 5.27. The zero-order valence-electron chi connectivity index (χ0n) is 20.4. The first-order chi connectivity index (χ1) is 16.5. The summed E-state index contributed by atoms with van der Waals surface area (Å²) in [6.45, 7) is 1.45. The summed E-state index contributed by atoms with van der Waals surface area (Å²) in [5.74, 6) is -2.66. The number of carbonyl (C=O) groups is 1. The number of hydrogen-bond acceptors (Lipinski definition) is 6. The number of hydrogen-bond donors (Lipinski definition) is 2. The van der Waals surface area contributed by atoms with Gasteiger partial charge >= 0.3 is 0 Å². The van der Waals surface area contributed by atoms with E-state index < -0.39 is 42.0 Å². The van der Waals surface area contributed by atoms with E-state index in [1.54, 1.807) is 24.4 Å². The van der Waals surface area contributed by atoms with Crippen molar-refractivity contribution in [2.75, 3.05) is 13.5 Å². The summed E-state index contributed by atoms with van der Waals surface area (Å²) in [5, 5.41) is 1.77. The molecule has 0 bridgehead atoms. The Morgan fingerprint density at radius 1 is 1.34 bits per heavy atom. The number of aromatic nitrogens is 3. The molecule has 1 fully saturated rings. The van der Waals surface area contributed by atoms with E-state index in [9.17, 15) is 14.0 Å². The molecule has 10 heteroatoms. The fraction of sp³-hybridized carbons (Fsp3) is 0.364. The number of H-pyrrole nitrogens is 1. The Balaban J connectivity index is 1.47. The van der Waals surface area contributed by atoms with Gasteiger partial charge in [0.25, 0.3) is 11.5 Å². The molecule has 3 heterocycles. The molecule has 1 saturated heterocycles. The SMILES string of the molecule is [2H]C([2H])([2H])NC(=O)c1nc(F)ccc1O[C@H]1CN(Cc2ccc3nc(CC)c(=O)[nH]c3c2F)[C@@H]1C. The normalized spacial score (nSPS) is 20.2. The number of aromatic amines is 1. The van der Waals surface area contributed by atoms with Crippen LogP contribution in [-0.2, 0) is 13.0 Å². The van der Waals surface area contributed by atoms with E-state index in [0.29, 0.717) is 29.7 Å². The van der Waals surface area contributed by atoms with Gasteiger partial charge in [0.1, 0.15) is 17.3 Å². The molecule has 0 aliphatic carbocycles. The molecule has 2 aromatic heterocycles. The third-order valence-electron chi connectivity index (χ3n) is 5.62.